The fourth-order valence-corrected chi connectivity index (χ4v) is 2.04. The van der Waals surface area contributed by atoms with Crippen molar-refractivity contribution in [3.8, 4) is 0 Å². The number of rotatable bonds is 1. The van der Waals surface area contributed by atoms with Crippen LogP contribution in [0.1, 0.15) is 26.7 Å². The molecule has 0 aromatic carbocycles. The van der Waals surface area contributed by atoms with Gasteiger partial charge >= 0.3 is 0 Å². The van der Waals surface area contributed by atoms with E-state index in [2.05, 4.69) is 18.8 Å². The maximum Gasteiger partial charge on any atom is 0.294 e. The van der Waals surface area contributed by atoms with E-state index in [0.717, 1.165) is 0 Å². The molecule has 0 radical (unpaired) electrons. The summed E-state index contributed by atoms with van der Waals surface area (Å²) < 4.78 is 11.0. The van der Waals surface area contributed by atoms with Crippen LogP contribution in [0.2, 0.25) is 0 Å². The molecule has 0 saturated carbocycles. The van der Waals surface area contributed by atoms with Crippen LogP contribution >= 0.6 is 0 Å². The molecule has 2 aliphatic rings. The zero-order chi connectivity index (χ0) is 11.1. The van der Waals surface area contributed by atoms with Crippen LogP contribution in [0.15, 0.2) is 4.99 Å². The Kier molecular flexibility index (Phi) is 2.42. The van der Waals surface area contributed by atoms with Gasteiger partial charge in [-0.3, -0.25) is 4.79 Å². The lowest BCUT2D eigenvalue weighted by molar-refractivity contribution is -0.148. The number of carbonyl (C=O) groups is 1. The van der Waals surface area contributed by atoms with Crippen LogP contribution in [0.25, 0.3) is 0 Å². The van der Waals surface area contributed by atoms with Crippen LogP contribution in [-0.4, -0.2) is 30.2 Å². The molecule has 2 rings (SSSR count). The molecule has 0 aromatic heterocycles. The Balaban J connectivity index is 2.14. The van der Waals surface area contributed by atoms with Crippen LogP contribution in [0.4, 0.5) is 0 Å². The van der Waals surface area contributed by atoms with E-state index in [1.807, 2.05) is 0 Å². The number of carbonyl (C=O) groups excluding carboxylic acids is 1. The van der Waals surface area contributed by atoms with Crippen molar-refractivity contribution < 1.29 is 14.3 Å². The number of amides is 1. The maximum absolute atomic E-state index is 11.7. The van der Waals surface area contributed by atoms with Crippen molar-refractivity contribution in [3.63, 3.8) is 0 Å². The van der Waals surface area contributed by atoms with Crippen molar-refractivity contribution >= 4 is 11.9 Å². The van der Waals surface area contributed by atoms with Gasteiger partial charge in [0.2, 0.25) is 0 Å². The van der Waals surface area contributed by atoms with Crippen molar-refractivity contribution in [2.24, 2.45) is 16.6 Å². The van der Waals surface area contributed by atoms with Gasteiger partial charge in [-0.2, -0.15) is 4.99 Å². The summed E-state index contributed by atoms with van der Waals surface area (Å²) in [6.07, 6.45) is 1.14. The molecule has 1 saturated heterocycles. The summed E-state index contributed by atoms with van der Waals surface area (Å²) in [5, 5.41) is 0. The zero-order valence-electron chi connectivity index (χ0n) is 9.03. The molecule has 84 valence electrons. The van der Waals surface area contributed by atoms with E-state index >= 15 is 0 Å². The van der Waals surface area contributed by atoms with E-state index in [0.29, 0.717) is 25.4 Å². The molecule has 1 fully saturated rings. The fourth-order valence-electron chi connectivity index (χ4n) is 2.04. The van der Waals surface area contributed by atoms with Gasteiger partial charge in [-0.1, -0.05) is 13.8 Å². The molecule has 5 heteroatoms. The number of nitrogens with zero attached hydrogens (tertiary/aromatic N) is 1. The largest absolute Gasteiger partial charge is 0.448 e. The normalized spacial score (nSPS) is 35.8. The second-order valence-electron chi connectivity index (χ2n) is 4.46. The van der Waals surface area contributed by atoms with Crippen LogP contribution in [0.5, 0.6) is 0 Å². The number of nitrogens with two attached hydrogens (primary N) is 1. The molecule has 5 nitrogen and oxygen atoms in total. The van der Waals surface area contributed by atoms with Crippen molar-refractivity contribution in [1.29, 1.82) is 0 Å². The molecule has 2 heterocycles. The number of hydrogen-bond acceptors (Lipinski definition) is 4. The standard InChI is InChI=1S/C10H16N2O3/c1-6(2)7-5-10(3-4-14-7)8(13)12-9(11)15-10/h6-7H,3-5H2,1-2H3,(H2,11,12,13). The van der Waals surface area contributed by atoms with E-state index in [1.165, 1.54) is 0 Å². The smallest absolute Gasteiger partial charge is 0.294 e. The lowest BCUT2D eigenvalue weighted by Gasteiger charge is -2.36. The molecular weight excluding hydrogens is 196 g/mol. The first-order valence-electron chi connectivity index (χ1n) is 5.23. The molecule has 2 atom stereocenters. The maximum atomic E-state index is 11.7. The second kappa shape index (κ2) is 3.48. The molecule has 1 spiro atoms. The third-order valence-electron chi connectivity index (χ3n) is 3.01. The summed E-state index contributed by atoms with van der Waals surface area (Å²) in [6, 6.07) is -0.00981. The van der Waals surface area contributed by atoms with E-state index in [9.17, 15) is 4.79 Å². The summed E-state index contributed by atoms with van der Waals surface area (Å²) in [5.41, 5.74) is 4.58. The minimum Gasteiger partial charge on any atom is -0.448 e. The highest BCUT2D eigenvalue weighted by molar-refractivity contribution is 6.00. The summed E-state index contributed by atoms with van der Waals surface area (Å²) >= 11 is 0. The van der Waals surface area contributed by atoms with Gasteiger partial charge < -0.3 is 15.2 Å². The van der Waals surface area contributed by atoms with Crippen LogP contribution in [0.3, 0.4) is 0 Å². The Morgan fingerprint density at radius 1 is 1.60 bits per heavy atom. The van der Waals surface area contributed by atoms with Gasteiger partial charge in [0.1, 0.15) is 0 Å². The lowest BCUT2D eigenvalue weighted by atomic mass is 9.86. The first-order valence-corrected chi connectivity index (χ1v) is 5.23. The zero-order valence-corrected chi connectivity index (χ0v) is 9.03. The molecular formula is C10H16N2O3. The topological polar surface area (TPSA) is 73.9 Å². The molecule has 2 N–H and O–H groups in total. The minimum absolute atomic E-state index is 0.00981. The fraction of sp³-hybridized carbons (Fsp3) is 0.800. The number of amidine groups is 1. The minimum atomic E-state index is -0.836. The van der Waals surface area contributed by atoms with Crippen molar-refractivity contribution in [1.82, 2.24) is 0 Å². The number of hydrogen-bond donors (Lipinski definition) is 1. The quantitative estimate of drug-likeness (QED) is 0.684. The molecule has 2 unspecified atom stereocenters. The highest BCUT2D eigenvalue weighted by Gasteiger charge is 2.50. The molecule has 2 aliphatic heterocycles. The Bertz CT molecular complexity index is 314. The van der Waals surface area contributed by atoms with Gasteiger partial charge in [-0.05, 0) is 5.92 Å². The summed E-state index contributed by atoms with van der Waals surface area (Å²) in [6.45, 7) is 4.65. The van der Waals surface area contributed by atoms with E-state index in [4.69, 9.17) is 15.2 Å². The lowest BCUT2D eigenvalue weighted by Crippen LogP contribution is -2.48. The van der Waals surface area contributed by atoms with Gasteiger partial charge in [-0.25, -0.2) is 0 Å². The van der Waals surface area contributed by atoms with Gasteiger partial charge in [0.15, 0.2) is 5.60 Å². The van der Waals surface area contributed by atoms with Crippen LogP contribution in [0, 0.1) is 5.92 Å². The Morgan fingerprint density at radius 3 is 2.87 bits per heavy atom. The van der Waals surface area contributed by atoms with Crippen molar-refractivity contribution in [2.75, 3.05) is 6.61 Å². The van der Waals surface area contributed by atoms with E-state index in [-0.39, 0.29) is 18.0 Å². The summed E-state index contributed by atoms with van der Waals surface area (Å²) in [7, 11) is 0. The Labute approximate surface area is 88.6 Å². The Morgan fingerprint density at radius 2 is 2.33 bits per heavy atom. The average Bonchev–Trinajstić information content (AvgIpc) is 2.41. The highest BCUT2D eigenvalue weighted by Crippen LogP contribution is 2.35. The van der Waals surface area contributed by atoms with Crippen LogP contribution in [-0.2, 0) is 14.3 Å². The highest BCUT2D eigenvalue weighted by atomic mass is 16.5. The molecule has 1 amide bonds. The summed E-state index contributed by atoms with van der Waals surface area (Å²) in [5.74, 6) is 0.106. The Hall–Kier alpha value is -1.10. The third kappa shape index (κ3) is 1.71. The van der Waals surface area contributed by atoms with Gasteiger partial charge in [0.05, 0.1) is 12.7 Å². The molecule has 0 aliphatic carbocycles. The van der Waals surface area contributed by atoms with E-state index < -0.39 is 5.60 Å². The number of ether oxygens (including phenoxy) is 2. The SMILES string of the molecule is CC(C)C1CC2(CCO1)OC(N)=NC2=O. The predicted molar refractivity (Wildman–Crippen MR) is 54.3 cm³/mol. The monoisotopic (exact) mass is 212 g/mol. The first-order chi connectivity index (χ1) is 7.03. The van der Waals surface area contributed by atoms with Crippen molar-refractivity contribution in [3.05, 3.63) is 0 Å². The predicted octanol–water partition coefficient (Wildman–Crippen LogP) is 0.432. The average molecular weight is 212 g/mol. The molecule has 15 heavy (non-hydrogen) atoms. The second-order valence-corrected chi connectivity index (χ2v) is 4.46. The summed E-state index contributed by atoms with van der Waals surface area (Å²) in [4.78, 5) is 15.3. The first kappa shape index (κ1) is 10.4. The van der Waals surface area contributed by atoms with Crippen LogP contribution < -0.4 is 5.73 Å². The van der Waals surface area contributed by atoms with Crippen molar-refractivity contribution in [2.45, 2.75) is 38.4 Å². The van der Waals surface area contributed by atoms with Gasteiger partial charge in [0.25, 0.3) is 11.9 Å². The van der Waals surface area contributed by atoms with Gasteiger partial charge in [0, 0.05) is 12.8 Å². The molecule has 0 aromatic rings. The third-order valence-corrected chi connectivity index (χ3v) is 3.01. The van der Waals surface area contributed by atoms with Gasteiger partial charge in [-0.15, -0.1) is 0 Å². The molecule has 0 bridgehead atoms. The number of aliphatic imine (C=N–C) groups is 1. The van der Waals surface area contributed by atoms with E-state index in [1.54, 1.807) is 0 Å².